The van der Waals surface area contributed by atoms with Crippen LogP contribution in [-0.4, -0.2) is 22.2 Å². The van der Waals surface area contributed by atoms with Crippen LogP contribution in [0.5, 0.6) is 0 Å². The molecule has 17 heavy (non-hydrogen) atoms. The van der Waals surface area contributed by atoms with Gasteiger partial charge in [-0.2, -0.15) is 0 Å². The highest BCUT2D eigenvalue weighted by Gasteiger charge is 2.13. The third-order valence-electron chi connectivity index (χ3n) is 2.14. The van der Waals surface area contributed by atoms with Crippen molar-refractivity contribution >= 4 is 24.3 Å². The highest BCUT2D eigenvalue weighted by Crippen LogP contribution is 2.21. The fourth-order valence-electron chi connectivity index (χ4n) is 1.26. The van der Waals surface area contributed by atoms with Crippen molar-refractivity contribution in [1.82, 2.24) is 4.98 Å². The molecule has 1 heterocycles. The normalized spacial score (nSPS) is 10.5. The monoisotopic (exact) mass is 253 g/mol. The first kappa shape index (κ1) is 12.2. The summed E-state index contributed by atoms with van der Waals surface area (Å²) >= 11 is 1.27. The Labute approximate surface area is 102 Å². The van der Waals surface area contributed by atoms with Crippen molar-refractivity contribution in [2.75, 3.05) is 0 Å². The molecule has 0 atom stereocenters. The van der Waals surface area contributed by atoms with Crippen LogP contribution in [0.1, 0.15) is 5.56 Å². The molecule has 1 aromatic heterocycles. The number of hydrogen-bond donors (Lipinski definition) is 2. The number of halogens is 1. The van der Waals surface area contributed by atoms with Crippen LogP contribution in [0.25, 0.3) is 0 Å². The molecule has 1 aromatic carbocycles. The minimum absolute atomic E-state index is 0.132. The molecule has 0 spiro atoms. The van der Waals surface area contributed by atoms with Gasteiger partial charge in [-0.3, -0.25) is 0 Å². The summed E-state index contributed by atoms with van der Waals surface area (Å²) in [7, 11) is -1.65. The minimum atomic E-state index is -1.65. The quantitative estimate of drug-likeness (QED) is 0.622. The Morgan fingerprint density at radius 3 is 2.82 bits per heavy atom. The average molecular weight is 253 g/mol. The van der Waals surface area contributed by atoms with Crippen LogP contribution in [0, 0.1) is 5.82 Å². The van der Waals surface area contributed by atoms with Gasteiger partial charge in [0.05, 0.1) is 6.20 Å². The third kappa shape index (κ3) is 3.09. The van der Waals surface area contributed by atoms with Crippen molar-refractivity contribution in [3.05, 3.63) is 42.0 Å². The van der Waals surface area contributed by atoms with Crippen LogP contribution in [-0.2, 0) is 5.75 Å². The molecule has 0 saturated heterocycles. The van der Waals surface area contributed by atoms with Crippen molar-refractivity contribution < 1.29 is 18.9 Å². The topological polar surface area (TPSA) is 66.5 Å². The van der Waals surface area contributed by atoms with E-state index in [-0.39, 0.29) is 5.46 Å². The molecule has 2 rings (SSSR count). The number of aromatic nitrogens is 1. The molecule has 4 nitrogen and oxygen atoms in total. The summed E-state index contributed by atoms with van der Waals surface area (Å²) in [5, 5.41) is 18.2. The first-order chi connectivity index (χ1) is 8.16. The lowest BCUT2D eigenvalue weighted by Crippen LogP contribution is -2.30. The van der Waals surface area contributed by atoms with E-state index in [1.54, 1.807) is 0 Å². The minimum Gasteiger partial charge on any atom is -0.440 e. The predicted octanol–water partition coefficient (Wildman–Crippen LogP) is 0.786. The molecule has 0 radical (unpaired) electrons. The zero-order valence-electron chi connectivity index (χ0n) is 8.71. The van der Waals surface area contributed by atoms with Gasteiger partial charge < -0.3 is 14.5 Å². The Morgan fingerprint density at radius 1 is 1.41 bits per heavy atom. The second kappa shape index (κ2) is 5.35. The van der Waals surface area contributed by atoms with Crippen molar-refractivity contribution in [1.29, 1.82) is 0 Å². The predicted molar refractivity (Wildman–Crippen MR) is 62.3 cm³/mol. The van der Waals surface area contributed by atoms with E-state index in [2.05, 4.69) is 4.98 Å². The second-order valence-electron chi connectivity index (χ2n) is 3.31. The molecule has 2 aromatic rings. The lowest BCUT2D eigenvalue weighted by molar-refractivity contribution is 0.425. The Hall–Kier alpha value is -1.31. The molecule has 0 aliphatic heterocycles. The molecule has 0 aliphatic carbocycles. The van der Waals surface area contributed by atoms with E-state index in [9.17, 15) is 4.39 Å². The molecule has 0 saturated carbocycles. The van der Waals surface area contributed by atoms with Gasteiger partial charge in [-0.15, -0.1) is 0 Å². The van der Waals surface area contributed by atoms with Gasteiger partial charge in [0.1, 0.15) is 12.1 Å². The van der Waals surface area contributed by atoms with E-state index < -0.39 is 12.9 Å². The average Bonchev–Trinajstić information content (AvgIpc) is 2.80. The highest BCUT2D eigenvalue weighted by molar-refractivity contribution is 7.98. The lowest BCUT2D eigenvalue weighted by atomic mass is 9.80. The summed E-state index contributed by atoms with van der Waals surface area (Å²) in [4.78, 5) is 3.90. The van der Waals surface area contributed by atoms with Crippen molar-refractivity contribution in [2.24, 2.45) is 0 Å². The Kier molecular flexibility index (Phi) is 3.83. The maximum Gasteiger partial charge on any atom is 0.488 e. The van der Waals surface area contributed by atoms with Crippen LogP contribution in [0.15, 0.2) is 40.3 Å². The molecule has 2 N–H and O–H groups in total. The van der Waals surface area contributed by atoms with E-state index in [0.717, 1.165) is 6.07 Å². The standard InChI is InChI=1S/C10H9BFNO3S/c12-9-5-8(11(14)15)2-1-7(9)6-17-10-13-3-4-16-10/h1-5,14-15H,6H2. The van der Waals surface area contributed by atoms with E-state index in [1.807, 2.05) is 0 Å². The molecule has 0 unspecified atom stereocenters. The maximum absolute atomic E-state index is 13.6. The molecule has 0 bridgehead atoms. The van der Waals surface area contributed by atoms with Gasteiger partial charge in [-0.1, -0.05) is 23.9 Å². The summed E-state index contributed by atoms with van der Waals surface area (Å²) in [6.45, 7) is 0. The molecular weight excluding hydrogens is 244 g/mol. The zero-order valence-corrected chi connectivity index (χ0v) is 9.52. The van der Waals surface area contributed by atoms with E-state index >= 15 is 0 Å². The summed E-state index contributed by atoms with van der Waals surface area (Å²) in [5.41, 5.74) is 0.588. The lowest BCUT2D eigenvalue weighted by Gasteiger charge is -2.04. The Morgan fingerprint density at radius 2 is 2.24 bits per heavy atom. The van der Waals surface area contributed by atoms with Gasteiger partial charge in [-0.25, -0.2) is 9.37 Å². The number of hydrogen-bond acceptors (Lipinski definition) is 5. The number of oxazole rings is 1. The van der Waals surface area contributed by atoms with Gasteiger partial charge in [-0.05, 0) is 17.1 Å². The highest BCUT2D eigenvalue weighted by atomic mass is 32.2. The van der Waals surface area contributed by atoms with Crippen molar-refractivity contribution in [3.63, 3.8) is 0 Å². The Balaban J connectivity index is 2.06. The fourth-order valence-corrected chi connectivity index (χ4v) is 2.03. The fraction of sp³-hybridized carbons (Fsp3) is 0.100. The van der Waals surface area contributed by atoms with E-state index in [1.165, 1.54) is 36.4 Å². The number of nitrogens with zero attached hydrogens (tertiary/aromatic N) is 1. The van der Waals surface area contributed by atoms with Crippen molar-refractivity contribution in [2.45, 2.75) is 11.0 Å². The smallest absolute Gasteiger partial charge is 0.440 e. The first-order valence-electron chi connectivity index (χ1n) is 4.83. The molecule has 0 amide bonds. The van der Waals surface area contributed by atoms with Crippen LogP contribution >= 0.6 is 11.8 Å². The molecule has 0 fully saturated rings. The number of thioether (sulfide) groups is 1. The molecule has 88 valence electrons. The van der Waals surface area contributed by atoms with Crippen LogP contribution < -0.4 is 5.46 Å². The largest absolute Gasteiger partial charge is 0.488 e. The maximum atomic E-state index is 13.6. The summed E-state index contributed by atoms with van der Waals surface area (Å²) in [6.07, 6.45) is 2.97. The first-order valence-corrected chi connectivity index (χ1v) is 5.82. The SMILES string of the molecule is OB(O)c1ccc(CSc2ncco2)c(F)c1. The zero-order chi connectivity index (χ0) is 12.3. The van der Waals surface area contributed by atoms with Crippen LogP contribution in [0.3, 0.4) is 0 Å². The van der Waals surface area contributed by atoms with E-state index in [4.69, 9.17) is 14.5 Å². The van der Waals surface area contributed by atoms with E-state index in [0.29, 0.717) is 16.5 Å². The van der Waals surface area contributed by atoms with Gasteiger partial charge in [0.15, 0.2) is 0 Å². The third-order valence-corrected chi connectivity index (χ3v) is 3.04. The Bertz CT molecular complexity index is 492. The summed E-state index contributed by atoms with van der Waals surface area (Å²) in [5.74, 6) is -0.108. The second-order valence-corrected chi connectivity index (χ2v) is 4.24. The van der Waals surface area contributed by atoms with Gasteiger partial charge in [0, 0.05) is 5.75 Å². The number of benzene rings is 1. The van der Waals surface area contributed by atoms with Gasteiger partial charge in [0.2, 0.25) is 0 Å². The number of rotatable bonds is 4. The van der Waals surface area contributed by atoms with Crippen molar-refractivity contribution in [3.8, 4) is 0 Å². The van der Waals surface area contributed by atoms with Gasteiger partial charge in [0.25, 0.3) is 5.22 Å². The van der Waals surface area contributed by atoms with Gasteiger partial charge >= 0.3 is 7.12 Å². The summed E-state index contributed by atoms with van der Waals surface area (Å²) < 4.78 is 18.6. The molecular formula is C10H9BFNO3S. The molecule has 7 heteroatoms. The summed E-state index contributed by atoms with van der Waals surface area (Å²) in [6, 6.07) is 4.09. The molecule has 0 aliphatic rings. The van der Waals surface area contributed by atoms with Crippen LogP contribution in [0.2, 0.25) is 0 Å². The van der Waals surface area contributed by atoms with Crippen LogP contribution in [0.4, 0.5) is 4.39 Å².